The zero-order valence-electron chi connectivity index (χ0n) is 7.55. The number of rotatable bonds is 1. The van der Waals surface area contributed by atoms with Crippen molar-refractivity contribution in [3.8, 4) is 11.4 Å². The first-order valence-corrected chi connectivity index (χ1v) is 4.01. The first-order valence-electron chi connectivity index (χ1n) is 4.01. The van der Waals surface area contributed by atoms with Crippen LogP contribution in [0.25, 0.3) is 11.4 Å². The van der Waals surface area contributed by atoms with Crippen molar-refractivity contribution in [2.45, 2.75) is 13.8 Å². The van der Waals surface area contributed by atoms with Crippen LogP contribution in [0.3, 0.4) is 0 Å². The smallest absolute Gasteiger partial charge is 0.148 e. The largest absolute Gasteiger partial charge is 0.382 e. The van der Waals surface area contributed by atoms with Crippen LogP contribution in [0.15, 0.2) is 6.07 Å². The van der Waals surface area contributed by atoms with Crippen LogP contribution in [-0.4, -0.2) is 20.4 Å². The zero-order valence-corrected chi connectivity index (χ0v) is 7.55. The van der Waals surface area contributed by atoms with E-state index in [0.717, 1.165) is 22.6 Å². The van der Waals surface area contributed by atoms with Crippen molar-refractivity contribution >= 4 is 5.82 Å². The Morgan fingerprint density at radius 2 is 2.00 bits per heavy atom. The summed E-state index contributed by atoms with van der Waals surface area (Å²) in [4.78, 5) is 0. The molecule has 2 aromatic heterocycles. The third-order valence-electron chi connectivity index (χ3n) is 2.01. The predicted octanol–water partition coefficient (Wildman–Crippen LogP) is 0.999. The van der Waals surface area contributed by atoms with Crippen molar-refractivity contribution in [2.75, 3.05) is 5.73 Å². The molecule has 0 aliphatic carbocycles. The molecule has 4 N–H and O–H groups in total. The van der Waals surface area contributed by atoms with Crippen molar-refractivity contribution < 1.29 is 0 Å². The number of nitrogen functional groups attached to an aromatic ring is 1. The third kappa shape index (κ3) is 1.18. The van der Waals surface area contributed by atoms with E-state index in [-0.39, 0.29) is 0 Å². The van der Waals surface area contributed by atoms with Gasteiger partial charge in [-0.05, 0) is 19.9 Å². The van der Waals surface area contributed by atoms with E-state index in [9.17, 15) is 0 Å². The van der Waals surface area contributed by atoms with Crippen molar-refractivity contribution in [2.24, 2.45) is 0 Å². The lowest BCUT2D eigenvalue weighted by Gasteiger charge is -1.91. The number of H-pyrrole nitrogens is 2. The van der Waals surface area contributed by atoms with Crippen LogP contribution in [0, 0.1) is 13.8 Å². The summed E-state index contributed by atoms with van der Waals surface area (Å²) in [5.41, 5.74) is 9.28. The monoisotopic (exact) mass is 177 g/mol. The van der Waals surface area contributed by atoms with Crippen LogP contribution >= 0.6 is 0 Å². The van der Waals surface area contributed by atoms with E-state index in [1.807, 2.05) is 19.9 Å². The molecule has 0 atom stereocenters. The van der Waals surface area contributed by atoms with E-state index in [4.69, 9.17) is 5.73 Å². The fourth-order valence-electron chi connectivity index (χ4n) is 1.21. The van der Waals surface area contributed by atoms with Crippen LogP contribution in [0.1, 0.15) is 11.3 Å². The summed E-state index contributed by atoms with van der Waals surface area (Å²) in [7, 11) is 0. The van der Waals surface area contributed by atoms with Gasteiger partial charge in [0.1, 0.15) is 11.5 Å². The summed E-state index contributed by atoms with van der Waals surface area (Å²) in [6, 6.07) is 1.94. The first-order chi connectivity index (χ1) is 6.18. The topological polar surface area (TPSA) is 83.4 Å². The Labute approximate surface area is 75.4 Å². The number of nitrogens with zero attached hydrogens (tertiary/aromatic N) is 2. The SMILES string of the molecule is Cc1cc(-c2[nH]nc(N)c2C)n[nH]1. The van der Waals surface area contributed by atoms with Gasteiger partial charge < -0.3 is 5.73 Å². The molecular weight excluding hydrogens is 166 g/mol. The maximum absolute atomic E-state index is 5.60. The normalized spacial score (nSPS) is 10.6. The van der Waals surface area contributed by atoms with Gasteiger partial charge in [0.25, 0.3) is 0 Å². The van der Waals surface area contributed by atoms with Gasteiger partial charge in [0, 0.05) is 11.3 Å². The van der Waals surface area contributed by atoms with Crippen molar-refractivity contribution in [3.05, 3.63) is 17.3 Å². The van der Waals surface area contributed by atoms with Crippen LogP contribution in [0.2, 0.25) is 0 Å². The molecular formula is C8H11N5. The number of hydrogen-bond acceptors (Lipinski definition) is 3. The Kier molecular flexibility index (Phi) is 1.58. The molecule has 5 nitrogen and oxygen atoms in total. The number of nitrogens with one attached hydrogen (secondary N) is 2. The predicted molar refractivity (Wildman–Crippen MR) is 50.1 cm³/mol. The van der Waals surface area contributed by atoms with Crippen LogP contribution in [-0.2, 0) is 0 Å². The number of aromatic amines is 2. The van der Waals surface area contributed by atoms with Crippen molar-refractivity contribution in [1.82, 2.24) is 20.4 Å². The average Bonchev–Trinajstić information content (AvgIpc) is 2.62. The lowest BCUT2D eigenvalue weighted by molar-refractivity contribution is 1.03. The number of aryl methyl sites for hydroxylation is 1. The lowest BCUT2D eigenvalue weighted by atomic mass is 10.2. The van der Waals surface area contributed by atoms with Gasteiger partial charge in [-0.15, -0.1) is 0 Å². The van der Waals surface area contributed by atoms with Gasteiger partial charge in [-0.3, -0.25) is 10.2 Å². The fraction of sp³-hybridized carbons (Fsp3) is 0.250. The standard InChI is InChI=1S/C8H11N5/c1-4-3-6(11-10-4)7-5(2)8(9)13-12-7/h3H,1-2H3,(H,10,11)(H3,9,12,13). The maximum atomic E-state index is 5.60. The Balaban J connectivity index is 2.52. The highest BCUT2D eigenvalue weighted by molar-refractivity contribution is 5.64. The Morgan fingerprint density at radius 3 is 2.46 bits per heavy atom. The first kappa shape index (κ1) is 7.85. The molecule has 0 saturated carbocycles. The molecule has 0 bridgehead atoms. The van der Waals surface area contributed by atoms with E-state index in [1.165, 1.54) is 0 Å². The van der Waals surface area contributed by atoms with E-state index in [2.05, 4.69) is 20.4 Å². The summed E-state index contributed by atoms with van der Waals surface area (Å²) in [6.07, 6.45) is 0. The molecule has 0 spiro atoms. The zero-order chi connectivity index (χ0) is 9.42. The molecule has 0 aromatic carbocycles. The Morgan fingerprint density at radius 1 is 1.23 bits per heavy atom. The number of anilines is 1. The second kappa shape index (κ2) is 2.62. The van der Waals surface area contributed by atoms with Gasteiger partial charge in [0.05, 0.1) is 5.69 Å². The van der Waals surface area contributed by atoms with Gasteiger partial charge in [0.2, 0.25) is 0 Å². The minimum absolute atomic E-state index is 0.524. The molecule has 5 heteroatoms. The van der Waals surface area contributed by atoms with Gasteiger partial charge in [0.15, 0.2) is 0 Å². The summed E-state index contributed by atoms with van der Waals surface area (Å²) in [6.45, 7) is 3.86. The number of hydrogen-bond donors (Lipinski definition) is 3. The number of nitrogens with two attached hydrogens (primary N) is 1. The molecule has 2 aromatic rings. The van der Waals surface area contributed by atoms with E-state index in [1.54, 1.807) is 0 Å². The van der Waals surface area contributed by atoms with Gasteiger partial charge in [-0.25, -0.2) is 0 Å². The molecule has 0 aliphatic heterocycles. The average molecular weight is 177 g/mol. The quantitative estimate of drug-likeness (QED) is 0.607. The van der Waals surface area contributed by atoms with E-state index in [0.29, 0.717) is 5.82 Å². The maximum Gasteiger partial charge on any atom is 0.148 e. The highest BCUT2D eigenvalue weighted by Crippen LogP contribution is 2.22. The summed E-state index contributed by atoms with van der Waals surface area (Å²) < 4.78 is 0. The highest BCUT2D eigenvalue weighted by atomic mass is 15.2. The molecule has 0 aliphatic rings. The fourth-order valence-corrected chi connectivity index (χ4v) is 1.21. The second-order valence-electron chi connectivity index (χ2n) is 3.05. The van der Waals surface area contributed by atoms with Crippen LogP contribution < -0.4 is 5.73 Å². The molecule has 0 amide bonds. The number of aromatic nitrogens is 4. The summed E-state index contributed by atoms with van der Waals surface area (Å²) >= 11 is 0. The van der Waals surface area contributed by atoms with Gasteiger partial charge >= 0.3 is 0 Å². The summed E-state index contributed by atoms with van der Waals surface area (Å²) in [5, 5.41) is 13.7. The molecule has 0 fully saturated rings. The third-order valence-corrected chi connectivity index (χ3v) is 2.01. The van der Waals surface area contributed by atoms with Gasteiger partial charge in [-0.1, -0.05) is 0 Å². The lowest BCUT2D eigenvalue weighted by Crippen LogP contribution is -1.86. The minimum Gasteiger partial charge on any atom is -0.382 e. The molecule has 13 heavy (non-hydrogen) atoms. The van der Waals surface area contributed by atoms with Gasteiger partial charge in [-0.2, -0.15) is 10.2 Å². The molecule has 68 valence electrons. The van der Waals surface area contributed by atoms with Crippen LogP contribution in [0.5, 0.6) is 0 Å². The molecule has 0 saturated heterocycles. The molecule has 0 unspecified atom stereocenters. The molecule has 0 radical (unpaired) electrons. The molecule has 2 heterocycles. The van der Waals surface area contributed by atoms with E-state index >= 15 is 0 Å². The second-order valence-corrected chi connectivity index (χ2v) is 3.05. The van der Waals surface area contributed by atoms with Crippen molar-refractivity contribution in [3.63, 3.8) is 0 Å². The summed E-state index contributed by atoms with van der Waals surface area (Å²) in [5.74, 6) is 0.524. The van der Waals surface area contributed by atoms with Crippen molar-refractivity contribution in [1.29, 1.82) is 0 Å². The minimum atomic E-state index is 0.524. The molecule has 2 rings (SSSR count). The highest BCUT2D eigenvalue weighted by Gasteiger charge is 2.10. The Bertz CT molecular complexity index is 425. The Hall–Kier alpha value is -1.78. The van der Waals surface area contributed by atoms with E-state index < -0.39 is 0 Å². The van der Waals surface area contributed by atoms with Crippen LogP contribution in [0.4, 0.5) is 5.82 Å².